The number of rotatable bonds is 4. The molecule has 0 saturated heterocycles. The molecular formula is C16H15BrN4. The van der Waals surface area contributed by atoms with Gasteiger partial charge >= 0.3 is 0 Å². The summed E-state index contributed by atoms with van der Waals surface area (Å²) >= 11 is 3.39. The van der Waals surface area contributed by atoms with E-state index in [9.17, 15) is 0 Å². The summed E-state index contributed by atoms with van der Waals surface area (Å²) < 4.78 is 0.972. The predicted octanol–water partition coefficient (Wildman–Crippen LogP) is 3.14. The molecule has 1 unspecified atom stereocenters. The molecule has 0 spiro atoms. The van der Waals surface area contributed by atoms with Gasteiger partial charge < -0.3 is 0 Å². The van der Waals surface area contributed by atoms with Crippen molar-refractivity contribution < 1.29 is 0 Å². The Labute approximate surface area is 131 Å². The fourth-order valence-corrected chi connectivity index (χ4v) is 2.55. The maximum absolute atomic E-state index is 5.72. The van der Waals surface area contributed by atoms with E-state index in [4.69, 9.17) is 5.84 Å². The zero-order valence-electron chi connectivity index (χ0n) is 11.3. The van der Waals surface area contributed by atoms with Crippen LogP contribution >= 0.6 is 15.9 Å². The molecule has 1 aromatic carbocycles. The van der Waals surface area contributed by atoms with Gasteiger partial charge in [0.15, 0.2) is 0 Å². The van der Waals surface area contributed by atoms with Crippen LogP contribution in [0.15, 0.2) is 59.3 Å². The zero-order chi connectivity index (χ0) is 14.7. The molecule has 0 aliphatic heterocycles. The van der Waals surface area contributed by atoms with Gasteiger partial charge in [0.25, 0.3) is 0 Å². The van der Waals surface area contributed by atoms with E-state index in [1.54, 1.807) is 12.4 Å². The van der Waals surface area contributed by atoms with Gasteiger partial charge in [-0.05, 0) is 51.8 Å². The maximum atomic E-state index is 5.72. The molecule has 1 atom stereocenters. The molecule has 4 nitrogen and oxygen atoms in total. The van der Waals surface area contributed by atoms with Gasteiger partial charge in [-0.25, -0.2) is 0 Å². The molecule has 3 N–H and O–H groups in total. The number of hydrogen-bond acceptors (Lipinski definition) is 4. The molecule has 0 fully saturated rings. The van der Waals surface area contributed by atoms with Crippen LogP contribution in [-0.2, 0) is 6.42 Å². The summed E-state index contributed by atoms with van der Waals surface area (Å²) in [4.78, 5) is 8.73. The van der Waals surface area contributed by atoms with E-state index in [0.717, 1.165) is 33.1 Å². The fourth-order valence-electron chi connectivity index (χ4n) is 2.32. The first kappa shape index (κ1) is 14.1. The third kappa shape index (κ3) is 3.26. The van der Waals surface area contributed by atoms with Gasteiger partial charge in [-0.1, -0.05) is 12.1 Å². The highest BCUT2D eigenvalue weighted by atomic mass is 79.9. The molecule has 0 amide bonds. The molecule has 5 heteroatoms. The SMILES string of the molecule is NNC(Cc1ccc(Br)cn1)c1ccc2ncccc2c1. The van der Waals surface area contributed by atoms with Crippen molar-refractivity contribution in [3.8, 4) is 0 Å². The Balaban J connectivity index is 1.88. The zero-order valence-corrected chi connectivity index (χ0v) is 12.9. The van der Waals surface area contributed by atoms with E-state index in [1.165, 1.54) is 0 Å². The third-order valence-corrected chi connectivity index (χ3v) is 3.90. The number of nitrogens with zero attached hydrogens (tertiary/aromatic N) is 2. The Morgan fingerprint density at radius 2 is 2.05 bits per heavy atom. The van der Waals surface area contributed by atoms with E-state index < -0.39 is 0 Å². The molecule has 0 saturated carbocycles. The topological polar surface area (TPSA) is 63.8 Å². The quantitative estimate of drug-likeness (QED) is 0.564. The molecule has 0 radical (unpaired) electrons. The minimum Gasteiger partial charge on any atom is -0.271 e. The highest BCUT2D eigenvalue weighted by molar-refractivity contribution is 9.10. The predicted molar refractivity (Wildman–Crippen MR) is 87.4 cm³/mol. The average molecular weight is 343 g/mol. The number of hydrogen-bond donors (Lipinski definition) is 2. The van der Waals surface area contributed by atoms with Crippen LogP contribution in [-0.4, -0.2) is 9.97 Å². The molecule has 21 heavy (non-hydrogen) atoms. The van der Waals surface area contributed by atoms with Crippen LogP contribution in [0.5, 0.6) is 0 Å². The summed E-state index contributed by atoms with van der Waals surface area (Å²) in [6.45, 7) is 0. The van der Waals surface area contributed by atoms with Gasteiger partial charge in [-0.3, -0.25) is 21.2 Å². The minimum atomic E-state index is 0.0169. The van der Waals surface area contributed by atoms with Gasteiger partial charge in [0, 0.05) is 34.4 Å². The second kappa shape index (κ2) is 6.30. The maximum Gasteiger partial charge on any atom is 0.0702 e. The molecule has 0 aliphatic carbocycles. The number of benzene rings is 1. The van der Waals surface area contributed by atoms with Crippen molar-refractivity contribution in [2.24, 2.45) is 5.84 Å². The van der Waals surface area contributed by atoms with E-state index in [-0.39, 0.29) is 6.04 Å². The molecule has 2 aromatic heterocycles. The first-order valence-corrected chi connectivity index (χ1v) is 7.47. The third-order valence-electron chi connectivity index (χ3n) is 3.43. The Kier molecular flexibility index (Phi) is 4.24. The Bertz CT molecular complexity index is 743. The van der Waals surface area contributed by atoms with Crippen molar-refractivity contribution in [2.45, 2.75) is 12.5 Å². The van der Waals surface area contributed by atoms with Crippen molar-refractivity contribution in [1.29, 1.82) is 0 Å². The molecule has 0 aliphatic rings. The van der Waals surface area contributed by atoms with Gasteiger partial charge in [0.2, 0.25) is 0 Å². The van der Waals surface area contributed by atoms with E-state index in [0.29, 0.717) is 0 Å². The summed E-state index contributed by atoms with van der Waals surface area (Å²) in [5.74, 6) is 5.72. The van der Waals surface area contributed by atoms with E-state index in [1.807, 2.05) is 24.3 Å². The van der Waals surface area contributed by atoms with Crippen molar-refractivity contribution in [1.82, 2.24) is 15.4 Å². The number of halogens is 1. The molecule has 106 valence electrons. The summed E-state index contributed by atoms with van der Waals surface area (Å²) in [6.07, 6.45) is 4.33. The summed E-state index contributed by atoms with van der Waals surface area (Å²) in [5.41, 5.74) is 5.98. The Hall–Kier alpha value is -1.82. The van der Waals surface area contributed by atoms with Crippen LogP contribution in [0, 0.1) is 0 Å². The number of fused-ring (bicyclic) bond motifs is 1. The van der Waals surface area contributed by atoms with Crippen molar-refractivity contribution in [2.75, 3.05) is 0 Å². The minimum absolute atomic E-state index is 0.0169. The lowest BCUT2D eigenvalue weighted by Gasteiger charge is -2.16. The highest BCUT2D eigenvalue weighted by Gasteiger charge is 2.12. The Morgan fingerprint density at radius 3 is 2.81 bits per heavy atom. The van der Waals surface area contributed by atoms with Crippen molar-refractivity contribution >= 4 is 26.8 Å². The van der Waals surface area contributed by atoms with Crippen LogP contribution in [0.3, 0.4) is 0 Å². The second-order valence-corrected chi connectivity index (χ2v) is 5.76. The normalized spacial score (nSPS) is 12.5. The van der Waals surface area contributed by atoms with Gasteiger partial charge in [-0.2, -0.15) is 0 Å². The van der Waals surface area contributed by atoms with Crippen LogP contribution in [0.1, 0.15) is 17.3 Å². The summed E-state index contributed by atoms with van der Waals surface area (Å²) in [7, 11) is 0. The largest absolute Gasteiger partial charge is 0.271 e. The molecule has 2 heterocycles. The lowest BCUT2D eigenvalue weighted by atomic mass is 10.0. The van der Waals surface area contributed by atoms with Crippen LogP contribution < -0.4 is 11.3 Å². The Morgan fingerprint density at radius 1 is 1.14 bits per heavy atom. The first-order chi connectivity index (χ1) is 10.3. The number of hydrazine groups is 1. The second-order valence-electron chi connectivity index (χ2n) is 4.85. The van der Waals surface area contributed by atoms with Gasteiger partial charge in [0.05, 0.1) is 11.6 Å². The fraction of sp³-hybridized carbons (Fsp3) is 0.125. The highest BCUT2D eigenvalue weighted by Crippen LogP contribution is 2.21. The van der Waals surface area contributed by atoms with Gasteiger partial charge in [-0.15, -0.1) is 0 Å². The van der Waals surface area contributed by atoms with Crippen molar-refractivity contribution in [3.63, 3.8) is 0 Å². The molecule has 3 aromatic rings. The van der Waals surface area contributed by atoms with Crippen molar-refractivity contribution in [3.05, 3.63) is 70.6 Å². The number of pyridine rings is 2. The van der Waals surface area contributed by atoms with E-state index >= 15 is 0 Å². The summed E-state index contributed by atoms with van der Waals surface area (Å²) in [6, 6.07) is 14.2. The molecule has 0 bridgehead atoms. The number of aromatic nitrogens is 2. The van der Waals surface area contributed by atoms with Crippen LogP contribution in [0.2, 0.25) is 0 Å². The molecular weight excluding hydrogens is 328 g/mol. The van der Waals surface area contributed by atoms with Crippen LogP contribution in [0.25, 0.3) is 10.9 Å². The van der Waals surface area contributed by atoms with Gasteiger partial charge in [0.1, 0.15) is 0 Å². The summed E-state index contributed by atoms with van der Waals surface area (Å²) in [5, 5.41) is 1.11. The average Bonchev–Trinajstić information content (AvgIpc) is 2.54. The number of nitrogens with one attached hydrogen (secondary N) is 1. The number of nitrogens with two attached hydrogens (primary N) is 1. The lowest BCUT2D eigenvalue weighted by molar-refractivity contribution is 0.546. The van der Waals surface area contributed by atoms with E-state index in [2.05, 4.69) is 49.5 Å². The lowest BCUT2D eigenvalue weighted by Crippen LogP contribution is -2.29. The smallest absolute Gasteiger partial charge is 0.0702 e. The first-order valence-electron chi connectivity index (χ1n) is 6.67. The monoisotopic (exact) mass is 342 g/mol. The van der Waals surface area contributed by atoms with Crippen LogP contribution in [0.4, 0.5) is 0 Å². The molecule has 3 rings (SSSR count). The standard InChI is InChI=1S/C16H15BrN4/c17-13-4-5-14(20-10-13)9-16(21-18)12-3-6-15-11(8-12)2-1-7-19-15/h1-8,10,16,21H,9,18H2.